The molecule has 3 rings (SSSR count). The smallest absolute Gasteiger partial charge is 0.134 e. The molecule has 1 aromatic carbocycles. The third kappa shape index (κ3) is 2.67. The van der Waals surface area contributed by atoms with E-state index in [4.69, 9.17) is 0 Å². The highest BCUT2D eigenvalue weighted by atomic mass is 32.1. The normalized spacial score (nSPS) is 15.2. The maximum Gasteiger partial charge on any atom is 0.134 e. The van der Waals surface area contributed by atoms with Gasteiger partial charge in [-0.05, 0) is 36.6 Å². The summed E-state index contributed by atoms with van der Waals surface area (Å²) in [4.78, 5) is 4.54. The Hall–Kier alpha value is -2.12. The van der Waals surface area contributed by atoms with Crippen molar-refractivity contribution in [3.63, 3.8) is 0 Å². The van der Waals surface area contributed by atoms with Crippen LogP contribution < -0.4 is 0 Å². The number of hydrogen-bond donors (Lipinski definition) is 1. The van der Waals surface area contributed by atoms with Gasteiger partial charge in [-0.25, -0.2) is 4.98 Å². The Morgan fingerprint density at radius 2 is 2.11 bits per heavy atom. The number of rotatable bonds is 3. The average Bonchev–Trinajstić information content (AvgIpc) is 3.17. The zero-order valence-electron chi connectivity index (χ0n) is 10.2. The van der Waals surface area contributed by atoms with Gasteiger partial charge in [-0.2, -0.15) is 5.26 Å². The number of phenols is 1. The van der Waals surface area contributed by atoms with E-state index in [0.29, 0.717) is 11.5 Å². The van der Waals surface area contributed by atoms with Crippen molar-refractivity contribution in [2.24, 2.45) is 0 Å². The van der Waals surface area contributed by atoms with Gasteiger partial charge in [0.2, 0.25) is 0 Å². The van der Waals surface area contributed by atoms with E-state index in [1.165, 1.54) is 24.2 Å². The molecule has 1 aromatic heterocycles. The van der Waals surface area contributed by atoms with Crippen LogP contribution in [0.15, 0.2) is 29.6 Å². The lowest BCUT2D eigenvalue weighted by Gasteiger charge is -1.96. The molecule has 1 fully saturated rings. The molecule has 3 nitrogen and oxygen atoms in total. The maximum atomic E-state index is 9.26. The highest BCUT2D eigenvalue weighted by Crippen LogP contribution is 2.40. The number of nitrogens with zero attached hydrogens (tertiary/aromatic N) is 2. The van der Waals surface area contributed by atoms with Crippen molar-refractivity contribution >= 4 is 23.0 Å². The van der Waals surface area contributed by atoms with Crippen molar-refractivity contribution in [2.75, 3.05) is 0 Å². The van der Waals surface area contributed by atoms with Crippen molar-refractivity contribution in [1.29, 1.82) is 5.26 Å². The topological polar surface area (TPSA) is 56.9 Å². The highest BCUT2D eigenvalue weighted by Gasteiger charge is 2.26. The molecule has 0 atom stereocenters. The third-order valence-electron chi connectivity index (χ3n) is 3.07. The monoisotopic (exact) mass is 268 g/mol. The molecule has 4 heteroatoms. The van der Waals surface area contributed by atoms with Gasteiger partial charge in [0.15, 0.2) is 0 Å². The molecule has 19 heavy (non-hydrogen) atoms. The predicted octanol–water partition coefficient (Wildman–Crippen LogP) is 3.79. The SMILES string of the molecule is N#C/C(=C\c1ccc(O)cc1)c1nc(C2CC2)cs1. The highest BCUT2D eigenvalue weighted by molar-refractivity contribution is 7.11. The van der Waals surface area contributed by atoms with Gasteiger partial charge >= 0.3 is 0 Å². The summed E-state index contributed by atoms with van der Waals surface area (Å²) in [6.45, 7) is 0. The van der Waals surface area contributed by atoms with Crippen LogP contribution in [-0.4, -0.2) is 10.1 Å². The number of thiazole rings is 1. The minimum absolute atomic E-state index is 0.223. The number of aromatic hydroxyl groups is 1. The second-order valence-corrected chi connectivity index (χ2v) is 5.47. The summed E-state index contributed by atoms with van der Waals surface area (Å²) in [5.41, 5.74) is 2.58. The summed E-state index contributed by atoms with van der Waals surface area (Å²) in [6.07, 6.45) is 4.23. The van der Waals surface area contributed by atoms with E-state index in [-0.39, 0.29) is 5.75 Å². The van der Waals surface area contributed by atoms with E-state index in [9.17, 15) is 10.4 Å². The van der Waals surface area contributed by atoms with Crippen LogP contribution in [0.25, 0.3) is 11.6 Å². The second-order valence-electron chi connectivity index (χ2n) is 4.61. The standard InChI is InChI=1S/C15H12N2OS/c16-8-12(7-10-1-5-13(18)6-2-10)15-17-14(9-19-15)11-3-4-11/h1-2,5-7,9,11,18H,3-4H2/b12-7+. The van der Waals surface area contributed by atoms with Gasteiger partial charge in [0.05, 0.1) is 11.3 Å². The fourth-order valence-corrected chi connectivity index (χ4v) is 2.72. The largest absolute Gasteiger partial charge is 0.508 e. The number of allylic oxidation sites excluding steroid dienone is 1. The Morgan fingerprint density at radius 1 is 1.37 bits per heavy atom. The van der Waals surface area contributed by atoms with Gasteiger partial charge in [0.25, 0.3) is 0 Å². The zero-order chi connectivity index (χ0) is 13.2. The lowest BCUT2D eigenvalue weighted by atomic mass is 10.1. The zero-order valence-corrected chi connectivity index (χ0v) is 11.0. The van der Waals surface area contributed by atoms with Crippen molar-refractivity contribution in [3.8, 4) is 11.8 Å². The number of aromatic nitrogens is 1. The lowest BCUT2D eigenvalue weighted by molar-refractivity contribution is 0.475. The first-order valence-electron chi connectivity index (χ1n) is 6.13. The number of phenolic OH excluding ortho intramolecular Hbond substituents is 1. The number of nitriles is 1. The minimum atomic E-state index is 0.223. The van der Waals surface area contributed by atoms with Crippen molar-refractivity contribution < 1.29 is 5.11 Å². The van der Waals surface area contributed by atoms with Gasteiger partial charge < -0.3 is 5.11 Å². The molecule has 94 valence electrons. The van der Waals surface area contributed by atoms with Gasteiger partial charge in [-0.1, -0.05) is 12.1 Å². The molecule has 0 aliphatic heterocycles. The van der Waals surface area contributed by atoms with E-state index in [0.717, 1.165) is 16.3 Å². The molecule has 1 aliphatic carbocycles. The molecule has 0 amide bonds. The average molecular weight is 268 g/mol. The molecule has 0 spiro atoms. The Morgan fingerprint density at radius 3 is 2.74 bits per heavy atom. The molecule has 1 saturated carbocycles. The first kappa shape index (κ1) is 11.9. The van der Waals surface area contributed by atoms with Crippen LogP contribution in [0.1, 0.15) is 35.0 Å². The Labute approximate surface area is 115 Å². The fourth-order valence-electron chi connectivity index (χ4n) is 1.86. The Kier molecular flexibility index (Phi) is 3.06. The van der Waals surface area contributed by atoms with Crippen LogP contribution in [0.4, 0.5) is 0 Å². The van der Waals surface area contributed by atoms with E-state index in [1.54, 1.807) is 30.3 Å². The molecule has 0 bridgehead atoms. The van der Waals surface area contributed by atoms with Gasteiger partial charge in [-0.15, -0.1) is 11.3 Å². The van der Waals surface area contributed by atoms with Crippen LogP contribution >= 0.6 is 11.3 Å². The van der Waals surface area contributed by atoms with Gasteiger partial charge in [0.1, 0.15) is 16.8 Å². The molecule has 0 radical (unpaired) electrons. The lowest BCUT2D eigenvalue weighted by Crippen LogP contribution is -1.83. The first-order valence-corrected chi connectivity index (χ1v) is 7.01. The Balaban J connectivity index is 1.90. The van der Waals surface area contributed by atoms with Crippen LogP contribution in [-0.2, 0) is 0 Å². The molecule has 1 heterocycles. The predicted molar refractivity (Wildman–Crippen MR) is 75.7 cm³/mol. The van der Waals surface area contributed by atoms with Gasteiger partial charge in [-0.3, -0.25) is 0 Å². The van der Waals surface area contributed by atoms with E-state index in [2.05, 4.69) is 16.4 Å². The van der Waals surface area contributed by atoms with Crippen LogP contribution in [0.5, 0.6) is 5.75 Å². The fraction of sp³-hybridized carbons (Fsp3) is 0.200. The van der Waals surface area contributed by atoms with Crippen molar-refractivity contribution in [2.45, 2.75) is 18.8 Å². The van der Waals surface area contributed by atoms with Crippen LogP contribution in [0.3, 0.4) is 0 Å². The molecular weight excluding hydrogens is 256 g/mol. The molecule has 0 saturated heterocycles. The van der Waals surface area contributed by atoms with E-state index in [1.807, 2.05) is 0 Å². The number of hydrogen-bond acceptors (Lipinski definition) is 4. The summed E-state index contributed by atoms with van der Waals surface area (Å²) in [5.74, 6) is 0.833. The molecule has 1 N–H and O–H groups in total. The van der Waals surface area contributed by atoms with Crippen LogP contribution in [0, 0.1) is 11.3 Å². The first-order chi connectivity index (χ1) is 9.26. The quantitative estimate of drug-likeness (QED) is 0.862. The van der Waals surface area contributed by atoms with Crippen LogP contribution in [0.2, 0.25) is 0 Å². The number of benzene rings is 1. The van der Waals surface area contributed by atoms with E-state index < -0.39 is 0 Å². The molecular formula is C15H12N2OS. The summed E-state index contributed by atoms with van der Waals surface area (Å²) >= 11 is 1.52. The van der Waals surface area contributed by atoms with Crippen molar-refractivity contribution in [3.05, 3.63) is 45.9 Å². The summed E-state index contributed by atoms with van der Waals surface area (Å²) in [5, 5.41) is 21.3. The van der Waals surface area contributed by atoms with E-state index >= 15 is 0 Å². The molecule has 2 aromatic rings. The van der Waals surface area contributed by atoms with Gasteiger partial charge in [0, 0.05) is 11.3 Å². The maximum absolute atomic E-state index is 9.26. The minimum Gasteiger partial charge on any atom is -0.508 e. The second kappa shape index (κ2) is 4.87. The van der Waals surface area contributed by atoms with Crippen molar-refractivity contribution in [1.82, 2.24) is 4.98 Å². The summed E-state index contributed by atoms with van der Waals surface area (Å²) in [7, 11) is 0. The third-order valence-corrected chi connectivity index (χ3v) is 3.97. The molecule has 0 unspecified atom stereocenters. The summed E-state index contributed by atoms with van der Waals surface area (Å²) in [6, 6.07) is 8.98. The Bertz CT molecular complexity index is 660. The molecule has 1 aliphatic rings. The summed E-state index contributed by atoms with van der Waals surface area (Å²) < 4.78 is 0.